The van der Waals surface area contributed by atoms with Gasteiger partial charge in [0.25, 0.3) is 10.0 Å². The van der Waals surface area contributed by atoms with E-state index in [2.05, 4.69) is 0 Å². The van der Waals surface area contributed by atoms with Crippen molar-refractivity contribution in [2.75, 3.05) is 4.72 Å². The monoisotopic (exact) mass is 351 g/mol. The van der Waals surface area contributed by atoms with Gasteiger partial charge in [-0.1, -0.05) is 29.8 Å². The number of alkyl halides is 3. The Morgan fingerprint density at radius 2 is 1.68 bits per heavy atom. The number of benzene rings is 2. The van der Waals surface area contributed by atoms with Crippen LogP contribution in [-0.4, -0.2) is 13.5 Å². The molecule has 2 rings (SSSR count). The van der Waals surface area contributed by atoms with Gasteiger partial charge in [0.05, 0.1) is 21.2 Å². The molecule has 0 fully saturated rings. The molecule has 2 N–H and O–H groups in total. The van der Waals surface area contributed by atoms with E-state index < -0.39 is 32.4 Å². The van der Waals surface area contributed by atoms with Crippen LogP contribution in [0.3, 0.4) is 0 Å². The van der Waals surface area contributed by atoms with Crippen LogP contribution in [0.4, 0.5) is 18.9 Å². The zero-order valence-corrected chi connectivity index (χ0v) is 12.3. The molecule has 0 unspecified atom stereocenters. The van der Waals surface area contributed by atoms with Crippen molar-refractivity contribution >= 4 is 27.3 Å². The van der Waals surface area contributed by atoms with E-state index in [4.69, 9.17) is 11.6 Å². The Labute approximate surface area is 129 Å². The minimum atomic E-state index is -4.83. The molecule has 0 amide bonds. The predicted octanol–water partition coefficient (Wildman–Crippen LogP) is 3.87. The molecule has 0 aliphatic rings. The molecule has 0 aliphatic carbocycles. The molecular weight excluding hydrogens is 343 g/mol. The molecule has 0 heterocycles. The van der Waals surface area contributed by atoms with E-state index in [-0.39, 0.29) is 10.7 Å². The summed E-state index contributed by atoms with van der Waals surface area (Å²) >= 11 is 5.63. The van der Waals surface area contributed by atoms with Crippen molar-refractivity contribution in [3.05, 3.63) is 53.1 Å². The quantitative estimate of drug-likeness (QED) is 0.825. The van der Waals surface area contributed by atoms with Crippen LogP contribution in [0.25, 0.3) is 0 Å². The Hall–Kier alpha value is -1.93. The van der Waals surface area contributed by atoms with E-state index in [0.29, 0.717) is 6.07 Å². The second-order valence-electron chi connectivity index (χ2n) is 4.24. The molecule has 0 aromatic heterocycles. The third kappa shape index (κ3) is 3.28. The molecule has 2 aromatic carbocycles. The number of para-hydroxylation sites is 1. The van der Waals surface area contributed by atoms with Crippen LogP contribution < -0.4 is 4.72 Å². The fourth-order valence-corrected chi connectivity index (χ4v) is 3.20. The van der Waals surface area contributed by atoms with Crippen LogP contribution in [0.2, 0.25) is 5.02 Å². The Morgan fingerprint density at radius 1 is 1.05 bits per heavy atom. The Morgan fingerprint density at radius 3 is 2.32 bits per heavy atom. The molecule has 0 saturated heterocycles. The van der Waals surface area contributed by atoms with Crippen molar-refractivity contribution in [3.63, 3.8) is 0 Å². The van der Waals surface area contributed by atoms with Gasteiger partial charge in [-0.05, 0) is 24.3 Å². The molecule has 0 spiro atoms. The van der Waals surface area contributed by atoms with Crippen LogP contribution in [0, 0.1) is 0 Å². The van der Waals surface area contributed by atoms with Crippen LogP contribution in [-0.2, 0) is 16.2 Å². The number of rotatable bonds is 3. The van der Waals surface area contributed by atoms with Crippen molar-refractivity contribution in [2.24, 2.45) is 0 Å². The summed E-state index contributed by atoms with van der Waals surface area (Å²) in [4.78, 5) is -0.943. The maximum absolute atomic E-state index is 12.9. The van der Waals surface area contributed by atoms with Gasteiger partial charge in [-0.2, -0.15) is 13.2 Å². The summed E-state index contributed by atoms with van der Waals surface area (Å²) in [6.07, 6.45) is -4.83. The lowest BCUT2D eigenvalue weighted by Crippen LogP contribution is -2.18. The molecule has 22 heavy (non-hydrogen) atoms. The highest BCUT2D eigenvalue weighted by Crippen LogP contribution is 2.36. The van der Waals surface area contributed by atoms with Crippen LogP contribution in [0.15, 0.2) is 47.4 Å². The maximum Gasteiger partial charge on any atom is 0.417 e. The number of hydrogen-bond donors (Lipinski definition) is 2. The highest BCUT2D eigenvalue weighted by atomic mass is 35.5. The van der Waals surface area contributed by atoms with Gasteiger partial charge in [0.1, 0.15) is 0 Å². The van der Waals surface area contributed by atoms with Crippen molar-refractivity contribution in [1.82, 2.24) is 0 Å². The second kappa shape index (κ2) is 5.69. The van der Waals surface area contributed by atoms with E-state index in [1.165, 1.54) is 24.3 Å². The fraction of sp³-hybridized carbons (Fsp3) is 0.0769. The Bertz CT molecular complexity index is 806. The van der Waals surface area contributed by atoms with Crippen LogP contribution >= 0.6 is 11.6 Å². The molecule has 0 saturated carbocycles. The predicted molar refractivity (Wildman–Crippen MR) is 75.4 cm³/mol. The number of halogens is 4. The first-order valence-corrected chi connectivity index (χ1v) is 7.65. The molecule has 0 radical (unpaired) electrons. The van der Waals surface area contributed by atoms with Gasteiger partial charge < -0.3 is 5.11 Å². The summed E-state index contributed by atoms with van der Waals surface area (Å²) in [5.74, 6) is -0.572. The molecule has 4 nitrogen and oxygen atoms in total. The lowest BCUT2D eigenvalue weighted by Gasteiger charge is -2.15. The van der Waals surface area contributed by atoms with Crippen molar-refractivity contribution < 1.29 is 26.7 Å². The van der Waals surface area contributed by atoms with E-state index >= 15 is 0 Å². The normalized spacial score (nSPS) is 12.2. The summed E-state index contributed by atoms with van der Waals surface area (Å²) in [5, 5.41) is 9.52. The average molecular weight is 352 g/mol. The van der Waals surface area contributed by atoms with Gasteiger partial charge in [-0.15, -0.1) is 0 Å². The van der Waals surface area contributed by atoms with Crippen LogP contribution in [0.5, 0.6) is 5.75 Å². The summed E-state index contributed by atoms with van der Waals surface area (Å²) in [5.41, 5.74) is -1.62. The maximum atomic E-state index is 12.9. The lowest BCUT2D eigenvalue weighted by atomic mass is 10.2. The highest BCUT2D eigenvalue weighted by molar-refractivity contribution is 7.92. The van der Waals surface area contributed by atoms with E-state index in [9.17, 15) is 26.7 Å². The van der Waals surface area contributed by atoms with E-state index in [0.717, 1.165) is 12.1 Å². The highest BCUT2D eigenvalue weighted by Gasteiger charge is 2.37. The lowest BCUT2D eigenvalue weighted by molar-refractivity contribution is -0.139. The van der Waals surface area contributed by atoms with E-state index in [1.807, 2.05) is 4.72 Å². The van der Waals surface area contributed by atoms with E-state index in [1.54, 1.807) is 0 Å². The topological polar surface area (TPSA) is 66.4 Å². The second-order valence-corrected chi connectivity index (χ2v) is 6.29. The number of nitrogens with one attached hydrogen (secondary N) is 1. The van der Waals surface area contributed by atoms with Gasteiger partial charge in [0, 0.05) is 0 Å². The molecule has 0 aliphatic heterocycles. The first-order valence-electron chi connectivity index (χ1n) is 5.79. The van der Waals surface area contributed by atoms with Gasteiger partial charge in [-0.3, -0.25) is 4.72 Å². The van der Waals surface area contributed by atoms with Gasteiger partial charge >= 0.3 is 6.18 Å². The minimum absolute atomic E-state index is 0.135. The van der Waals surface area contributed by atoms with Gasteiger partial charge in [-0.25, -0.2) is 8.42 Å². The number of aromatic hydroxyl groups is 1. The first-order chi connectivity index (χ1) is 10.1. The zero-order valence-electron chi connectivity index (χ0n) is 10.7. The Balaban J connectivity index is 2.51. The van der Waals surface area contributed by atoms with Crippen LogP contribution in [0.1, 0.15) is 5.56 Å². The summed E-state index contributed by atoms with van der Waals surface area (Å²) < 4.78 is 64.9. The van der Waals surface area contributed by atoms with Crippen molar-refractivity contribution in [3.8, 4) is 5.75 Å². The summed E-state index contributed by atoms with van der Waals surface area (Å²) in [7, 11) is -4.56. The van der Waals surface area contributed by atoms with Gasteiger partial charge in [0.15, 0.2) is 5.75 Å². The van der Waals surface area contributed by atoms with Gasteiger partial charge in [0.2, 0.25) is 0 Å². The average Bonchev–Trinajstić information content (AvgIpc) is 2.43. The number of hydrogen-bond acceptors (Lipinski definition) is 3. The number of anilines is 1. The van der Waals surface area contributed by atoms with Crippen molar-refractivity contribution in [1.29, 1.82) is 0 Å². The fourth-order valence-electron chi connectivity index (χ4n) is 1.73. The summed E-state index contributed by atoms with van der Waals surface area (Å²) in [6.45, 7) is 0. The number of sulfonamides is 1. The standard InChI is InChI=1S/C13H9ClF3NO3S/c14-9-5-3-6-10(12(9)19)18-22(20,21)11-7-2-1-4-8(11)13(15,16)17/h1-7,18-19H. The smallest absolute Gasteiger partial charge is 0.417 e. The first kappa shape index (κ1) is 16.4. The summed E-state index contributed by atoms with van der Waals surface area (Å²) in [6, 6.07) is 7.56. The number of phenols is 1. The van der Waals surface area contributed by atoms with Crippen molar-refractivity contribution in [2.45, 2.75) is 11.1 Å². The minimum Gasteiger partial charge on any atom is -0.504 e. The number of phenolic OH excluding ortho intramolecular Hbond substituents is 1. The largest absolute Gasteiger partial charge is 0.504 e. The molecular formula is C13H9ClF3NO3S. The Kier molecular flexibility index (Phi) is 4.25. The molecule has 118 valence electrons. The molecule has 0 atom stereocenters. The molecule has 2 aromatic rings. The molecule has 9 heteroatoms. The third-order valence-electron chi connectivity index (χ3n) is 2.71. The zero-order chi connectivity index (χ0) is 16.5. The third-order valence-corrected chi connectivity index (χ3v) is 4.44. The molecule has 0 bridgehead atoms. The SMILES string of the molecule is O=S(=O)(Nc1cccc(Cl)c1O)c1ccccc1C(F)(F)F.